The van der Waals surface area contributed by atoms with Crippen LogP contribution in [-0.4, -0.2) is 41.6 Å². The summed E-state index contributed by atoms with van der Waals surface area (Å²) in [5, 5.41) is 0. The van der Waals surface area contributed by atoms with E-state index in [1.165, 1.54) is 0 Å². The number of hydrogen-bond donors (Lipinski definition) is 1. The molecule has 2 unspecified atom stereocenters. The van der Waals surface area contributed by atoms with Crippen LogP contribution in [0.1, 0.15) is 34.1 Å². The molecule has 0 bridgehead atoms. The summed E-state index contributed by atoms with van der Waals surface area (Å²) in [4.78, 5) is 14.5. The highest BCUT2D eigenvalue weighted by Crippen LogP contribution is 2.18. The van der Waals surface area contributed by atoms with Crippen LogP contribution in [0.5, 0.6) is 0 Å². The normalized spacial score (nSPS) is 16.1. The van der Waals surface area contributed by atoms with Crippen LogP contribution in [-0.2, 0) is 9.53 Å². The van der Waals surface area contributed by atoms with Crippen molar-refractivity contribution >= 4 is 23.1 Å². The van der Waals surface area contributed by atoms with Gasteiger partial charge < -0.3 is 15.4 Å². The van der Waals surface area contributed by atoms with Gasteiger partial charge in [0.25, 0.3) is 5.91 Å². The van der Waals surface area contributed by atoms with Crippen molar-refractivity contribution in [3.05, 3.63) is 0 Å². The van der Waals surface area contributed by atoms with Crippen molar-refractivity contribution in [2.24, 2.45) is 11.7 Å². The lowest BCUT2D eigenvalue weighted by atomic mass is 10.0. The molecule has 0 aliphatic heterocycles. The Morgan fingerprint density at radius 3 is 2.35 bits per heavy atom. The molecule has 17 heavy (non-hydrogen) atoms. The Morgan fingerprint density at radius 2 is 2.06 bits per heavy atom. The van der Waals surface area contributed by atoms with E-state index in [-0.39, 0.29) is 11.8 Å². The highest BCUT2D eigenvalue weighted by Gasteiger charge is 2.35. The summed E-state index contributed by atoms with van der Waals surface area (Å²) in [6, 6.07) is 0. The molecule has 0 aliphatic carbocycles. The maximum absolute atomic E-state index is 12.3. The van der Waals surface area contributed by atoms with Gasteiger partial charge in [0.05, 0.1) is 4.99 Å². The largest absolute Gasteiger partial charge is 0.393 e. The molecule has 0 saturated heterocycles. The van der Waals surface area contributed by atoms with E-state index in [1.807, 2.05) is 27.7 Å². The summed E-state index contributed by atoms with van der Waals surface area (Å²) in [6.07, 6.45) is 0.639. The minimum atomic E-state index is -0.758. The lowest BCUT2D eigenvalue weighted by molar-refractivity contribution is -0.153. The number of rotatable bonds is 7. The Morgan fingerprint density at radius 1 is 1.53 bits per heavy atom. The fourth-order valence-electron chi connectivity index (χ4n) is 1.49. The molecule has 0 aliphatic rings. The van der Waals surface area contributed by atoms with E-state index < -0.39 is 5.60 Å². The molecule has 100 valence electrons. The Kier molecular flexibility index (Phi) is 6.64. The van der Waals surface area contributed by atoms with Gasteiger partial charge in [0.2, 0.25) is 0 Å². The van der Waals surface area contributed by atoms with Gasteiger partial charge in [-0.15, -0.1) is 0 Å². The van der Waals surface area contributed by atoms with E-state index in [0.717, 1.165) is 0 Å². The molecule has 0 spiro atoms. The molecule has 0 fully saturated rings. The Hall–Kier alpha value is -0.680. The lowest BCUT2D eigenvalue weighted by Crippen LogP contribution is -2.50. The highest BCUT2D eigenvalue weighted by molar-refractivity contribution is 7.80. The first-order valence-electron chi connectivity index (χ1n) is 5.96. The zero-order chi connectivity index (χ0) is 13.6. The average Bonchev–Trinajstić information content (AvgIpc) is 2.33. The van der Waals surface area contributed by atoms with Crippen LogP contribution in [0.3, 0.4) is 0 Å². The van der Waals surface area contributed by atoms with Gasteiger partial charge in [-0.25, -0.2) is 0 Å². The molecule has 2 atom stereocenters. The smallest absolute Gasteiger partial charge is 0.254 e. The molecule has 4 nitrogen and oxygen atoms in total. The molecule has 2 N–H and O–H groups in total. The topological polar surface area (TPSA) is 55.6 Å². The number of carbonyl (C=O) groups excluding carboxylic acids is 1. The summed E-state index contributed by atoms with van der Waals surface area (Å²) in [5.41, 5.74) is 4.82. The van der Waals surface area contributed by atoms with Crippen molar-refractivity contribution in [2.75, 3.05) is 20.2 Å². The molecule has 0 aromatic carbocycles. The number of carbonyl (C=O) groups is 1. The van der Waals surface area contributed by atoms with Crippen molar-refractivity contribution < 1.29 is 9.53 Å². The van der Waals surface area contributed by atoms with Gasteiger partial charge in [-0.2, -0.15) is 0 Å². The van der Waals surface area contributed by atoms with Gasteiger partial charge in [0.15, 0.2) is 0 Å². The summed E-state index contributed by atoms with van der Waals surface area (Å²) in [6.45, 7) is 8.79. The molecular weight excluding hydrogens is 236 g/mol. The molecule has 0 aromatic rings. The minimum absolute atomic E-state index is 0.00639. The van der Waals surface area contributed by atoms with Crippen molar-refractivity contribution in [2.45, 2.75) is 39.7 Å². The Bertz CT molecular complexity index is 278. The minimum Gasteiger partial charge on any atom is -0.393 e. The van der Waals surface area contributed by atoms with E-state index >= 15 is 0 Å². The van der Waals surface area contributed by atoms with E-state index in [2.05, 4.69) is 0 Å². The summed E-state index contributed by atoms with van der Waals surface area (Å²) >= 11 is 4.93. The third kappa shape index (κ3) is 4.24. The molecule has 0 radical (unpaired) electrons. The second-order valence-corrected chi connectivity index (χ2v) is 4.91. The fraction of sp³-hybridized carbons (Fsp3) is 0.833. The van der Waals surface area contributed by atoms with Crippen molar-refractivity contribution in [3.8, 4) is 0 Å². The maximum Gasteiger partial charge on any atom is 0.254 e. The van der Waals surface area contributed by atoms with Gasteiger partial charge in [-0.05, 0) is 20.3 Å². The van der Waals surface area contributed by atoms with Crippen LogP contribution in [0, 0.1) is 5.92 Å². The summed E-state index contributed by atoms with van der Waals surface area (Å²) in [5.74, 6) is 0.0139. The Labute approximate surface area is 109 Å². The second-order valence-electron chi connectivity index (χ2n) is 4.44. The molecule has 0 heterocycles. The van der Waals surface area contributed by atoms with Gasteiger partial charge in [0.1, 0.15) is 5.60 Å². The van der Waals surface area contributed by atoms with Crippen LogP contribution in [0.25, 0.3) is 0 Å². The Balaban J connectivity index is 4.77. The number of hydrogen-bond acceptors (Lipinski definition) is 3. The number of nitrogens with two attached hydrogens (primary N) is 1. The summed E-state index contributed by atoms with van der Waals surface area (Å²) < 4.78 is 5.32. The third-order valence-corrected chi connectivity index (χ3v) is 3.63. The van der Waals surface area contributed by atoms with Crippen LogP contribution < -0.4 is 5.73 Å². The number of nitrogens with zero attached hydrogens (tertiary/aromatic N) is 1. The van der Waals surface area contributed by atoms with E-state index in [4.69, 9.17) is 22.7 Å². The first-order chi connectivity index (χ1) is 7.82. The van der Waals surface area contributed by atoms with E-state index in [9.17, 15) is 4.79 Å². The number of amides is 1. The van der Waals surface area contributed by atoms with Crippen LogP contribution in [0.2, 0.25) is 0 Å². The van der Waals surface area contributed by atoms with Crippen molar-refractivity contribution in [3.63, 3.8) is 0 Å². The fourth-order valence-corrected chi connectivity index (χ4v) is 1.57. The van der Waals surface area contributed by atoms with Gasteiger partial charge in [-0.3, -0.25) is 4.79 Å². The zero-order valence-electron chi connectivity index (χ0n) is 11.4. The monoisotopic (exact) mass is 260 g/mol. The molecule has 0 rings (SSSR count). The van der Waals surface area contributed by atoms with Crippen LogP contribution in [0.15, 0.2) is 0 Å². The quantitative estimate of drug-likeness (QED) is 0.706. The second kappa shape index (κ2) is 6.91. The number of methoxy groups -OCH3 is 1. The summed E-state index contributed by atoms with van der Waals surface area (Å²) in [7, 11) is 1.56. The third-order valence-electron chi connectivity index (χ3n) is 3.23. The average molecular weight is 260 g/mol. The van der Waals surface area contributed by atoms with Crippen LogP contribution >= 0.6 is 12.2 Å². The van der Waals surface area contributed by atoms with Gasteiger partial charge in [0, 0.05) is 26.1 Å². The lowest BCUT2D eigenvalue weighted by Gasteiger charge is -2.33. The maximum atomic E-state index is 12.3. The molecule has 5 heteroatoms. The molecular formula is C12H24N2O2S. The van der Waals surface area contributed by atoms with Crippen molar-refractivity contribution in [1.29, 1.82) is 0 Å². The number of ether oxygens (including phenoxy) is 1. The highest BCUT2D eigenvalue weighted by atomic mass is 32.1. The number of likely N-dealkylation sites (N-methyl/N-ethyl adjacent to an activating group) is 1. The molecule has 0 aromatic heterocycles. The van der Waals surface area contributed by atoms with Gasteiger partial charge >= 0.3 is 0 Å². The van der Waals surface area contributed by atoms with Crippen LogP contribution in [0.4, 0.5) is 0 Å². The predicted octanol–water partition coefficient (Wildman–Crippen LogP) is 1.57. The SMILES string of the molecule is CCN(CC(C)C(N)=S)C(=O)C(C)(CC)OC. The number of thiocarbonyl (C=S) groups is 1. The van der Waals surface area contributed by atoms with E-state index in [1.54, 1.807) is 12.0 Å². The zero-order valence-corrected chi connectivity index (χ0v) is 12.3. The van der Waals surface area contributed by atoms with Crippen molar-refractivity contribution in [1.82, 2.24) is 4.90 Å². The molecule has 1 amide bonds. The first kappa shape index (κ1) is 16.3. The predicted molar refractivity (Wildman–Crippen MR) is 73.9 cm³/mol. The van der Waals surface area contributed by atoms with Gasteiger partial charge in [-0.1, -0.05) is 26.1 Å². The first-order valence-corrected chi connectivity index (χ1v) is 6.37. The standard InChI is InChI=1S/C12H24N2O2S/c1-6-12(4,16-5)11(15)14(7-2)8-9(3)10(13)17/h9H,6-8H2,1-5H3,(H2,13,17). The molecule has 0 saturated carbocycles. The van der Waals surface area contributed by atoms with E-state index in [0.29, 0.717) is 24.5 Å².